The fourth-order valence-corrected chi connectivity index (χ4v) is 5.61. The zero-order chi connectivity index (χ0) is 24.1. The summed E-state index contributed by atoms with van der Waals surface area (Å²) in [5, 5.41) is 5.07. The summed E-state index contributed by atoms with van der Waals surface area (Å²) in [4.78, 5) is 5.09. The topological polar surface area (TPSA) is 24.9 Å². The van der Waals surface area contributed by atoms with Crippen LogP contribution in [0.15, 0.2) is 48.5 Å². The van der Waals surface area contributed by atoms with E-state index in [1.54, 1.807) is 0 Å². The van der Waals surface area contributed by atoms with Gasteiger partial charge < -0.3 is 5.32 Å². The maximum Gasteiger partial charge on any atom is 0.0726 e. The minimum atomic E-state index is 1.11. The van der Waals surface area contributed by atoms with Gasteiger partial charge in [0.25, 0.3) is 0 Å². The molecule has 0 unspecified atom stereocenters. The number of para-hydroxylation sites is 1. The van der Waals surface area contributed by atoms with Crippen molar-refractivity contribution >= 4 is 22.3 Å². The highest BCUT2D eigenvalue weighted by Gasteiger charge is 2.18. The number of hydrogen-bond donors (Lipinski definition) is 1. The SMILES string of the molecule is CCCCCCCCCCCCCCc1ccc2nc3c(c(Nc4ccccc4)c2c1)CCCC3. The van der Waals surface area contributed by atoms with Crippen molar-refractivity contribution in [2.24, 2.45) is 0 Å². The predicted molar refractivity (Wildman–Crippen MR) is 153 cm³/mol. The second-order valence-corrected chi connectivity index (χ2v) is 10.6. The lowest BCUT2D eigenvalue weighted by atomic mass is 9.92. The zero-order valence-corrected chi connectivity index (χ0v) is 22.1. The third-order valence-corrected chi connectivity index (χ3v) is 7.69. The molecule has 0 aliphatic heterocycles. The van der Waals surface area contributed by atoms with E-state index in [0.717, 1.165) is 18.4 Å². The van der Waals surface area contributed by atoms with Crippen molar-refractivity contribution in [2.75, 3.05) is 5.32 Å². The van der Waals surface area contributed by atoms with Crippen molar-refractivity contribution in [2.45, 2.75) is 116 Å². The molecule has 1 N–H and O–H groups in total. The molecule has 2 heteroatoms. The second-order valence-electron chi connectivity index (χ2n) is 10.6. The van der Waals surface area contributed by atoms with Gasteiger partial charge in [-0.05, 0) is 73.9 Å². The van der Waals surface area contributed by atoms with E-state index < -0.39 is 0 Å². The van der Waals surface area contributed by atoms with E-state index in [4.69, 9.17) is 4.98 Å². The first kappa shape index (κ1) is 25.7. The molecule has 0 radical (unpaired) electrons. The quantitative estimate of drug-likeness (QED) is 0.223. The first-order chi connectivity index (χ1) is 17.3. The van der Waals surface area contributed by atoms with Gasteiger partial charge in [-0.3, -0.25) is 4.98 Å². The molecule has 4 rings (SSSR count). The van der Waals surface area contributed by atoms with E-state index in [1.165, 1.54) is 130 Å². The van der Waals surface area contributed by atoms with Crippen molar-refractivity contribution in [3.05, 3.63) is 65.4 Å². The molecule has 2 nitrogen and oxygen atoms in total. The van der Waals surface area contributed by atoms with Crippen molar-refractivity contribution in [1.82, 2.24) is 4.98 Å². The molecule has 0 bridgehead atoms. The molecular formula is C33H46N2. The van der Waals surface area contributed by atoms with Gasteiger partial charge in [0.1, 0.15) is 0 Å². The number of aryl methyl sites for hydroxylation is 2. The number of hydrogen-bond acceptors (Lipinski definition) is 2. The molecule has 0 amide bonds. The Kier molecular flexibility index (Phi) is 10.5. The van der Waals surface area contributed by atoms with E-state index in [0.29, 0.717) is 0 Å². The normalized spacial score (nSPS) is 13.2. The average molecular weight is 471 g/mol. The number of rotatable bonds is 15. The van der Waals surface area contributed by atoms with Gasteiger partial charge in [0.05, 0.1) is 11.2 Å². The van der Waals surface area contributed by atoms with Gasteiger partial charge in [0.15, 0.2) is 0 Å². The fourth-order valence-electron chi connectivity index (χ4n) is 5.61. The minimum absolute atomic E-state index is 1.11. The molecule has 0 atom stereocenters. The fraction of sp³-hybridized carbons (Fsp3) is 0.545. The average Bonchev–Trinajstić information content (AvgIpc) is 2.90. The summed E-state index contributed by atoms with van der Waals surface area (Å²) in [7, 11) is 0. The van der Waals surface area contributed by atoms with Crippen LogP contribution in [-0.4, -0.2) is 4.98 Å². The van der Waals surface area contributed by atoms with Gasteiger partial charge in [-0.2, -0.15) is 0 Å². The molecule has 1 heterocycles. The Hall–Kier alpha value is -2.35. The molecule has 3 aromatic rings. The number of nitrogens with one attached hydrogen (secondary N) is 1. The van der Waals surface area contributed by atoms with Crippen molar-refractivity contribution in [1.29, 1.82) is 0 Å². The van der Waals surface area contributed by atoms with Gasteiger partial charge in [-0.15, -0.1) is 0 Å². The van der Waals surface area contributed by atoms with Crippen LogP contribution in [0, 0.1) is 0 Å². The summed E-state index contributed by atoms with van der Waals surface area (Å²) >= 11 is 0. The van der Waals surface area contributed by atoms with Crippen LogP contribution in [0.3, 0.4) is 0 Å². The minimum Gasteiger partial charge on any atom is -0.355 e. The van der Waals surface area contributed by atoms with Crippen LogP contribution >= 0.6 is 0 Å². The number of pyridine rings is 1. The Labute approximate surface area is 214 Å². The first-order valence-corrected chi connectivity index (χ1v) is 14.6. The van der Waals surface area contributed by atoms with E-state index in [-0.39, 0.29) is 0 Å². The molecule has 188 valence electrons. The molecule has 0 fully saturated rings. The third kappa shape index (κ3) is 7.82. The Morgan fingerprint density at radius 3 is 2.09 bits per heavy atom. The summed E-state index contributed by atoms with van der Waals surface area (Å²) in [6.45, 7) is 2.30. The standard InChI is InChI=1S/C33H46N2/c1-2-3-4-5-6-7-8-9-10-11-12-14-19-27-24-25-32-30(26-27)33(34-28-20-15-13-16-21-28)29-22-17-18-23-31(29)35-32/h13,15-16,20-21,24-26H,2-12,14,17-19,22-23H2,1H3,(H,34,35). The summed E-state index contributed by atoms with van der Waals surface area (Å²) in [5.41, 5.74) is 7.80. The van der Waals surface area contributed by atoms with Gasteiger partial charge in [-0.1, -0.05) is 102 Å². The molecular weight excluding hydrogens is 424 g/mol. The lowest BCUT2D eigenvalue weighted by Gasteiger charge is -2.22. The van der Waals surface area contributed by atoms with Crippen LogP contribution < -0.4 is 5.32 Å². The van der Waals surface area contributed by atoms with Crippen LogP contribution in [0.2, 0.25) is 0 Å². The van der Waals surface area contributed by atoms with Crippen LogP contribution in [0.5, 0.6) is 0 Å². The van der Waals surface area contributed by atoms with Crippen LogP contribution in [-0.2, 0) is 19.3 Å². The van der Waals surface area contributed by atoms with Crippen molar-refractivity contribution in [3.63, 3.8) is 0 Å². The Balaban J connectivity index is 1.30. The largest absolute Gasteiger partial charge is 0.355 e. The highest BCUT2D eigenvalue weighted by atomic mass is 14.9. The number of aromatic nitrogens is 1. The number of anilines is 2. The molecule has 0 saturated heterocycles. The third-order valence-electron chi connectivity index (χ3n) is 7.69. The lowest BCUT2D eigenvalue weighted by Crippen LogP contribution is -2.09. The molecule has 1 aromatic heterocycles. The van der Waals surface area contributed by atoms with E-state index in [1.807, 2.05) is 0 Å². The summed E-state index contributed by atoms with van der Waals surface area (Å²) < 4.78 is 0. The Bertz CT molecular complexity index is 1020. The zero-order valence-electron chi connectivity index (χ0n) is 22.1. The number of fused-ring (bicyclic) bond motifs is 2. The van der Waals surface area contributed by atoms with Gasteiger partial charge in [0, 0.05) is 16.8 Å². The Morgan fingerprint density at radius 1 is 0.714 bits per heavy atom. The monoisotopic (exact) mass is 470 g/mol. The molecule has 1 aliphatic rings. The van der Waals surface area contributed by atoms with Gasteiger partial charge in [-0.25, -0.2) is 0 Å². The van der Waals surface area contributed by atoms with Crippen LogP contribution in [0.1, 0.15) is 114 Å². The van der Waals surface area contributed by atoms with E-state index in [2.05, 4.69) is 60.8 Å². The van der Waals surface area contributed by atoms with Crippen molar-refractivity contribution < 1.29 is 0 Å². The van der Waals surface area contributed by atoms with E-state index in [9.17, 15) is 0 Å². The second kappa shape index (κ2) is 14.3. The molecule has 0 spiro atoms. The van der Waals surface area contributed by atoms with Crippen molar-refractivity contribution in [3.8, 4) is 0 Å². The van der Waals surface area contributed by atoms with Gasteiger partial charge in [0.2, 0.25) is 0 Å². The number of nitrogens with zero attached hydrogens (tertiary/aromatic N) is 1. The highest BCUT2D eigenvalue weighted by Crippen LogP contribution is 2.36. The van der Waals surface area contributed by atoms with Crippen LogP contribution in [0.25, 0.3) is 10.9 Å². The smallest absolute Gasteiger partial charge is 0.0726 e. The predicted octanol–water partition coefficient (Wildman–Crippen LogP) is 10.1. The maximum atomic E-state index is 5.09. The Morgan fingerprint density at radius 2 is 1.37 bits per heavy atom. The summed E-state index contributed by atoms with van der Waals surface area (Å²) in [6.07, 6.45) is 22.8. The summed E-state index contributed by atoms with van der Waals surface area (Å²) in [5.74, 6) is 0. The van der Waals surface area contributed by atoms with Gasteiger partial charge >= 0.3 is 0 Å². The number of unbranched alkanes of at least 4 members (excludes halogenated alkanes) is 11. The number of benzene rings is 2. The molecule has 2 aromatic carbocycles. The first-order valence-electron chi connectivity index (χ1n) is 14.6. The molecule has 35 heavy (non-hydrogen) atoms. The maximum absolute atomic E-state index is 5.09. The summed E-state index contributed by atoms with van der Waals surface area (Å²) in [6, 6.07) is 17.6. The van der Waals surface area contributed by atoms with Crippen LogP contribution in [0.4, 0.5) is 11.4 Å². The molecule has 0 saturated carbocycles. The van der Waals surface area contributed by atoms with E-state index >= 15 is 0 Å². The lowest BCUT2D eigenvalue weighted by molar-refractivity contribution is 0.544. The molecule has 1 aliphatic carbocycles. The highest BCUT2D eigenvalue weighted by molar-refractivity contribution is 5.95.